The summed E-state index contributed by atoms with van der Waals surface area (Å²) in [5.41, 5.74) is 5.07. The Morgan fingerprint density at radius 1 is 1.00 bits per heavy atom. The van der Waals surface area contributed by atoms with Gasteiger partial charge in [-0.25, -0.2) is 10.3 Å². The standard InChI is InChI=1S/C31H26N4O7/c1-30(41-14-15-42-30)16-24(36)33-32-17-31-22-8-4-2-6-20(22)25(21-7-3-5-9-23(21)31)26-27(31)29(38)34(28(26)37)18-10-12-19(13-11-18)35(39)40/h2-13,17,25-27H,14-16H2,1H3,(H,33,36)/b32-17-/t25?,26-,27-,31?/m0/s1. The van der Waals surface area contributed by atoms with Crippen LogP contribution in [0.1, 0.15) is 41.5 Å². The zero-order chi connectivity index (χ0) is 29.2. The normalized spacial score (nSPS) is 26.7. The van der Waals surface area contributed by atoms with E-state index in [0.717, 1.165) is 27.2 Å². The van der Waals surface area contributed by atoms with Crippen LogP contribution in [0.25, 0.3) is 0 Å². The molecule has 0 spiro atoms. The fraction of sp³-hybridized carbons (Fsp3) is 0.290. The van der Waals surface area contributed by atoms with Gasteiger partial charge < -0.3 is 9.47 Å². The smallest absolute Gasteiger partial charge is 0.269 e. The molecule has 0 saturated carbocycles. The number of nitrogens with zero attached hydrogens (tertiary/aromatic N) is 3. The van der Waals surface area contributed by atoms with Gasteiger partial charge in [-0.1, -0.05) is 48.5 Å². The van der Waals surface area contributed by atoms with Crippen molar-refractivity contribution in [2.45, 2.75) is 30.5 Å². The summed E-state index contributed by atoms with van der Waals surface area (Å²) in [6.07, 6.45) is 1.52. The van der Waals surface area contributed by atoms with Crippen LogP contribution in [-0.2, 0) is 29.3 Å². The number of anilines is 1. The minimum atomic E-state index is -1.16. The Hall–Kier alpha value is -4.74. The van der Waals surface area contributed by atoms with Gasteiger partial charge in [0.1, 0.15) is 0 Å². The van der Waals surface area contributed by atoms with Crippen LogP contribution in [0.4, 0.5) is 11.4 Å². The molecule has 42 heavy (non-hydrogen) atoms. The van der Waals surface area contributed by atoms with Crippen molar-refractivity contribution in [3.8, 4) is 0 Å². The molecule has 8 rings (SSSR count). The van der Waals surface area contributed by atoms with E-state index in [1.54, 1.807) is 13.1 Å². The number of carbonyl (C=O) groups excluding carboxylic acids is 3. The van der Waals surface area contributed by atoms with E-state index in [4.69, 9.17) is 9.47 Å². The molecule has 3 aliphatic carbocycles. The molecule has 5 aliphatic rings. The first-order valence-corrected chi connectivity index (χ1v) is 13.7. The van der Waals surface area contributed by atoms with Crippen LogP contribution in [0.15, 0.2) is 77.9 Å². The van der Waals surface area contributed by atoms with E-state index in [1.165, 1.54) is 24.3 Å². The third-order valence-electron chi connectivity index (χ3n) is 8.84. The molecule has 2 fully saturated rings. The highest BCUT2D eigenvalue weighted by atomic mass is 16.7. The van der Waals surface area contributed by atoms with Crippen LogP contribution in [-0.4, -0.2) is 47.9 Å². The Labute approximate surface area is 240 Å². The van der Waals surface area contributed by atoms with Gasteiger partial charge in [-0.05, 0) is 41.3 Å². The van der Waals surface area contributed by atoms with Crippen molar-refractivity contribution < 1.29 is 28.8 Å². The summed E-state index contributed by atoms with van der Waals surface area (Å²) < 4.78 is 11.1. The predicted octanol–water partition coefficient (Wildman–Crippen LogP) is 3.40. The zero-order valence-electron chi connectivity index (χ0n) is 22.6. The van der Waals surface area contributed by atoms with Crippen molar-refractivity contribution >= 4 is 35.3 Å². The number of nitrogens with one attached hydrogen (secondary N) is 1. The number of hydrazone groups is 1. The Balaban J connectivity index is 1.34. The lowest BCUT2D eigenvalue weighted by Crippen LogP contribution is -2.54. The number of carbonyl (C=O) groups is 3. The number of hydrogen-bond donors (Lipinski definition) is 1. The van der Waals surface area contributed by atoms with Crippen molar-refractivity contribution in [2.75, 3.05) is 18.1 Å². The number of benzene rings is 3. The lowest BCUT2D eigenvalue weighted by atomic mass is 9.47. The third-order valence-corrected chi connectivity index (χ3v) is 8.84. The monoisotopic (exact) mass is 566 g/mol. The fourth-order valence-electron chi connectivity index (χ4n) is 7.22. The Kier molecular flexibility index (Phi) is 5.86. The number of hydrogen-bond acceptors (Lipinski definition) is 8. The van der Waals surface area contributed by atoms with Crippen LogP contribution in [0.5, 0.6) is 0 Å². The molecule has 11 nitrogen and oxygen atoms in total. The number of nitro groups is 1. The van der Waals surface area contributed by atoms with Crippen LogP contribution >= 0.6 is 0 Å². The Morgan fingerprint density at radius 3 is 2.19 bits per heavy atom. The minimum absolute atomic E-state index is 0.0655. The number of non-ortho nitro benzene ring substituents is 1. The van der Waals surface area contributed by atoms with E-state index in [2.05, 4.69) is 10.5 Å². The van der Waals surface area contributed by atoms with Gasteiger partial charge in [-0.15, -0.1) is 0 Å². The molecule has 0 radical (unpaired) electrons. The Bertz CT molecular complexity index is 1630. The molecule has 2 aliphatic heterocycles. The molecule has 3 aromatic carbocycles. The van der Waals surface area contributed by atoms with Crippen LogP contribution in [0.3, 0.4) is 0 Å². The molecule has 0 aromatic heterocycles. The molecular formula is C31H26N4O7. The van der Waals surface area contributed by atoms with E-state index in [-0.39, 0.29) is 29.6 Å². The van der Waals surface area contributed by atoms with Crippen molar-refractivity contribution in [1.29, 1.82) is 0 Å². The average Bonchev–Trinajstić information content (AvgIpc) is 3.53. The summed E-state index contributed by atoms with van der Waals surface area (Å²) in [5.74, 6) is -4.22. The molecule has 2 saturated heterocycles. The lowest BCUT2D eigenvalue weighted by Gasteiger charge is -2.52. The summed E-state index contributed by atoms with van der Waals surface area (Å²) >= 11 is 0. The largest absolute Gasteiger partial charge is 0.347 e. The van der Waals surface area contributed by atoms with E-state index < -0.39 is 39.8 Å². The molecule has 2 bridgehead atoms. The van der Waals surface area contributed by atoms with Gasteiger partial charge in [0, 0.05) is 24.3 Å². The summed E-state index contributed by atoms with van der Waals surface area (Å²) in [7, 11) is 0. The lowest BCUT2D eigenvalue weighted by molar-refractivity contribution is -0.384. The highest BCUT2D eigenvalue weighted by Gasteiger charge is 2.68. The average molecular weight is 567 g/mol. The van der Waals surface area contributed by atoms with Crippen LogP contribution in [0.2, 0.25) is 0 Å². The third kappa shape index (κ3) is 3.67. The molecule has 3 amide bonds. The van der Waals surface area contributed by atoms with E-state index in [1.807, 2.05) is 48.5 Å². The van der Waals surface area contributed by atoms with Gasteiger partial charge in [0.05, 0.1) is 47.5 Å². The van der Waals surface area contributed by atoms with Gasteiger partial charge in [0.25, 0.3) is 5.69 Å². The second-order valence-corrected chi connectivity index (χ2v) is 11.1. The van der Waals surface area contributed by atoms with Crippen molar-refractivity contribution in [3.63, 3.8) is 0 Å². The van der Waals surface area contributed by atoms with Crippen molar-refractivity contribution in [3.05, 3.63) is 105 Å². The highest BCUT2D eigenvalue weighted by Crippen LogP contribution is 2.63. The van der Waals surface area contributed by atoms with Gasteiger partial charge in [0.15, 0.2) is 5.79 Å². The van der Waals surface area contributed by atoms with Crippen LogP contribution in [0, 0.1) is 22.0 Å². The van der Waals surface area contributed by atoms with E-state index in [0.29, 0.717) is 13.2 Å². The quantitative estimate of drug-likeness (QED) is 0.209. The van der Waals surface area contributed by atoms with Crippen molar-refractivity contribution in [1.82, 2.24) is 5.43 Å². The fourth-order valence-corrected chi connectivity index (χ4v) is 7.22. The second-order valence-electron chi connectivity index (χ2n) is 11.1. The topological polar surface area (TPSA) is 140 Å². The molecule has 2 heterocycles. The molecule has 0 unspecified atom stereocenters. The SMILES string of the molecule is CC1(CC(=O)N/N=C\C23c4ccccc4C(c4ccccc42)[C@@H]2C(=O)N(c4ccc([N+](=O)[O-])cc4)C(=O)[C@H]23)OCCO1. The number of amides is 3. The number of nitro benzene ring substituents is 1. The minimum Gasteiger partial charge on any atom is -0.347 e. The van der Waals surface area contributed by atoms with Gasteiger partial charge >= 0.3 is 0 Å². The zero-order valence-corrected chi connectivity index (χ0v) is 22.6. The first-order chi connectivity index (χ1) is 20.2. The maximum Gasteiger partial charge on any atom is 0.269 e. The summed E-state index contributed by atoms with van der Waals surface area (Å²) in [6.45, 7) is 2.49. The highest BCUT2D eigenvalue weighted by molar-refractivity contribution is 6.25. The number of ether oxygens (including phenoxy) is 2. The van der Waals surface area contributed by atoms with E-state index >= 15 is 0 Å². The summed E-state index contributed by atoms with van der Waals surface area (Å²) in [5, 5.41) is 15.6. The molecule has 11 heteroatoms. The predicted molar refractivity (Wildman–Crippen MR) is 150 cm³/mol. The van der Waals surface area contributed by atoms with Gasteiger partial charge in [0.2, 0.25) is 17.7 Å². The first-order valence-electron chi connectivity index (χ1n) is 13.7. The maximum absolute atomic E-state index is 14.3. The number of rotatable bonds is 6. The maximum atomic E-state index is 14.3. The first kappa shape index (κ1) is 26.2. The molecule has 1 N–H and O–H groups in total. The van der Waals surface area contributed by atoms with Gasteiger partial charge in [-0.2, -0.15) is 5.10 Å². The molecule has 2 atom stereocenters. The summed E-state index contributed by atoms with van der Waals surface area (Å²) in [6, 6.07) is 20.8. The van der Waals surface area contributed by atoms with Gasteiger partial charge in [-0.3, -0.25) is 24.5 Å². The summed E-state index contributed by atoms with van der Waals surface area (Å²) in [4.78, 5) is 53.2. The Morgan fingerprint density at radius 2 is 1.60 bits per heavy atom. The van der Waals surface area contributed by atoms with Crippen LogP contribution < -0.4 is 10.3 Å². The molecular weight excluding hydrogens is 540 g/mol. The number of imide groups is 1. The molecule has 212 valence electrons. The van der Waals surface area contributed by atoms with E-state index in [9.17, 15) is 24.5 Å². The second kappa shape index (κ2) is 9.40. The van der Waals surface area contributed by atoms with Crippen molar-refractivity contribution in [2.24, 2.45) is 16.9 Å². The molecule has 3 aromatic rings.